The molecular formula is C13H11N3O3S. The van der Waals surface area contributed by atoms with Crippen molar-refractivity contribution in [3.8, 4) is 11.6 Å². The molecule has 0 aliphatic carbocycles. The van der Waals surface area contributed by atoms with Gasteiger partial charge in [-0.25, -0.2) is 0 Å². The predicted molar refractivity (Wildman–Crippen MR) is 75.0 cm³/mol. The van der Waals surface area contributed by atoms with Crippen LogP contribution in [0.25, 0.3) is 0 Å². The molecule has 0 fully saturated rings. The summed E-state index contributed by atoms with van der Waals surface area (Å²) in [4.78, 5) is 28.8. The average Bonchev–Trinajstić information content (AvgIpc) is 2.44. The van der Waals surface area contributed by atoms with E-state index in [4.69, 9.17) is 17.0 Å². The molecule has 1 aliphatic rings. The number of fused-ring (bicyclic) bond motifs is 2. The minimum atomic E-state index is -0.278. The summed E-state index contributed by atoms with van der Waals surface area (Å²) in [6.45, 7) is 0. The summed E-state index contributed by atoms with van der Waals surface area (Å²) < 4.78 is 5.85. The highest BCUT2D eigenvalue weighted by Crippen LogP contribution is 2.33. The number of aromatic nitrogens is 2. The first-order valence-electron chi connectivity index (χ1n) is 5.97. The van der Waals surface area contributed by atoms with Crippen LogP contribution in [0.2, 0.25) is 0 Å². The van der Waals surface area contributed by atoms with Gasteiger partial charge in [0.05, 0.1) is 5.56 Å². The molecule has 102 valence electrons. The Morgan fingerprint density at radius 3 is 2.95 bits per heavy atom. The second-order valence-electron chi connectivity index (χ2n) is 4.40. The van der Waals surface area contributed by atoms with E-state index in [-0.39, 0.29) is 16.2 Å². The maximum atomic E-state index is 11.9. The van der Waals surface area contributed by atoms with E-state index in [0.717, 1.165) is 5.56 Å². The third-order valence-corrected chi connectivity index (χ3v) is 3.34. The molecule has 0 atom stereocenters. The molecular weight excluding hydrogens is 278 g/mol. The second-order valence-corrected chi connectivity index (χ2v) is 4.80. The van der Waals surface area contributed by atoms with Crippen molar-refractivity contribution in [2.75, 3.05) is 7.05 Å². The van der Waals surface area contributed by atoms with Gasteiger partial charge in [0, 0.05) is 24.6 Å². The van der Waals surface area contributed by atoms with Gasteiger partial charge in [0.2, 0.25) is 5.88 Å². The Kier molecular flexibility index (Phi) is 2.90. The fourth-order valence-electron chi connectivity index (χ4n) is 2.14. The molecule has 7 heteroatoms. The molecule has 0 radical (unpaired) electrons. The van der Waals surface area contributed by atoms with Crippen molar-refractivity contribution >= 4 is 18.1 Å². The van der Waals surface area contributed by atoms with E-state index in [2.05, 4.69) is 15.3 Å². The third kappa shape index (κ3) is 2.01. The molecule has 1 aromatic heterocycles. The summed E-state index contributed by atoms with van der Waals surface area (Å²) in [6, 6.07) is 5.10. The average molecular weight is 289 g/mol. The highest BCUT2D eigenvalue weighted by molar-refractivity contribution is 7.71. The Bertz CT molecular complexity index is 822. The lowest BCUT2D eigenvalue weighted by Crippen LogP contribution is -2.21. The number of benzene rings is 1. The number of nitrogens with one attached hydrogen (secondary N) is 3. The molecule has 3 rings (SSSR count). The topological polar surface area (TPSA) is 87.0 Å². The van der Waals surface area contributed by atoms with Gasteiger partial charge < -0.3 is 15.0 Å². The lowest BCUT2D eigenvalue weighted by molar-refractivity contribution is 0.0963. The van der Waals surface area contributed by atoms with Crippen LogP contribution in [-0.4, -0.2) is 22.9 Å². The van der Waals surface area contributed by atoms with Gasteiger partial charge in [-0.15, -0.1) is 0 Å². The van der Waals surface area contributed by atoms with Crippen LogP contribution in [0.1, 0.15) is 21.5 Å². The van der Waals surface area contributed by atoms with Gasteiger partial charge in [0.15, 0.2) is 4.77 Å². The molecule has 6 nitrogen and oxygen atoms in total. The quantitative estimate of drug-likeness (QED) is 0.592. The molecule has 0 unspecified atom stereocenters. The number of hydrogen-bond acceptors (Lipinski definition) is 4. The highest BCUT2D eigenvalue weighted by Gasteiger charge is 2.21. The van der Waals surface area contributed by atoms with E-state index >= 15 is 0 Å². The summed E-state index contributed by atoms with van der Waals surface area (Å²) in [6.07, 6.45) is 0.386. The first-order valence-corrected chi connectivity index (χ1v) is 6.37. The van der Waals surface area contributed by atoms with Crippen molar-refractivity contribution in [3.05, 3.63) is 50.0 Å². The van der Waals surface area contributed by atoms with Crippen molar-refractivity contribution in [2.45, 2.75) is 6.42 Å². The van der Waals surface area contributed by atoms with Gasteiger partial charge in [-0.2, -0.15) is 0 Å². The van der Waals surface area contributed by atoms with E-state index in [0.29, 0.717) is 29.2 Å². The fraction of sp³-hybridized carbons (Fsp3) is 0.154. The molecule has 0 bridgehead atoms. The number of hydrogen-bond donors (Lipinski definition) is 3. The molecule has 1 amide bonds. The number of ether oxygens (including phenoxy) is 1. The summed E-state index contributed by atoms with van der Waals surface area (Å²) in [5, 5.41) is 2.56. The van der Waals surface area contributed by atoms with Crippen molar-refractivity contribution < 1.29 is 9.53 Å². The van der Waals surface area contributed by atoms with Crippen LogP contribution >= 0.6 is 12.2 Å². The Morgan fingerprint density at radius 1 is 1.40 bits per heavy atom. The molecule has 0 saturated heterocycles. The molecule has 0 spiro atoms. The zero-order chi connectivity index (χ0) is 14.3. The molecule has 20 heavy (non-hydrogen) atoms. The second kappa shape index (κ2) is 4.61. The van der Waals surface area contributed by atoms with Gasteiger partial charge in [-0.05, 0) is 30.4 Å². The standard InChI is InChI=1S/C13H11N3O3S/c1-14-10(17)6-2-3-9-7(4-6)5-8-11(18)15-13(20)16-12(8)19-9/h2-4H,5H2,1H3,(H,14,17)(H2,15,16,18,20). The van der Waals surface area contributed by atoms with Crippen LogP contribution in [0.4, 0.5) is 0 Å². The minimum absolute atomic E-state index is 0.181. The fourth-order valence-corrected chi connectivity index (χ4v) is 2.33. The number of carbonyl (C=O) groups is 1. The van der Waals surface area contributed by atoms with Gasteiger partial charge in [0.1, 0.15) is 5.75 Å². The van der Waals surface area contributed by atoms with Crippen LogP contribution in [-0.2, 0) is 6.42 Å². The largest absolute Gasteiger partial charge is 0.440 e. The van der Waals surface area contributed by atoms with Gasteiger partial charge in [0.25, 0.3) is 11.5 Å². The number of aromatic amines is 2. The maximum Gasteiger partial charge on any atom is 0.259 e. The van der Waals surface area contributed by atoms with Crippen LogP contribution in [0.3, 0.4) is 0 Å². The van der Waals surface area contributed by atoms with Crippen LogP contribution in [0.5, 0.6) is 11.6 Å². The van der Waals surface area contributed by atoms with Gasteiger partial charge >= 0.3 is 0 Å². The molecule has 0 saturated carbocycles. The highest BCUT2D eigenvalue weighted by atomic mass is 32.1. The minimum Gasteiger partial charge on any atom is -0.440 e. The Morgan fingerprint density at radius 2 is 2.20 bits per heavy atom. The van der Waals surface area contributed by atoms with E-state index in [1.54, 1.807) is 25.2 Å². The van der Waals surface area contributed by atoms with Crippen molar-refractivity contribution in [3.63, 3.8) is 0 Å². The summed E-state index contributed by atoms with van der Waals surface area (Å²) in [5.74, 6) is 0.792. The van der Waals surface area contributed by atoms with E-state index < -0.39 is 0 Å². The van der Waals surface area contributed by atoms with Crippen LogP contribution in [0.15, 0.2) is 23.0 Å². The number of H-pyrrole nitrogens is 2. The Balaban J connectivity index is 2.09. The van der Waals surface area contributed by atoms with Crippen molar-refractivity contribution in [1.29, 1.82) is 0 Å². The maximum absolute atomic E-state index is 11.9. The Labute approximate surface area is 118 Å². The summed E-state index contributed by atoms with van der Waals surface area (Å²) in [7, 11) is 1.57. The summed E-state index contributed by atoms with van der Waals surface area (Å²) in [5.41, 5.74) is 1.51. The van der Waals surface area contributed by atoms with Gasteiger partial charge in [-0.3, -0.25) is 14.6 Å². The molecule has 2 aromatic rings. The van der Waals surface area contributed by atoms with Gasteiger partial charge in [-0.1, -0.05) is 0 Å². The van der Waals surface area contributed by atoms with Crippen molar-refractivity contribution in [2.24, 2.45) is 0 Å². The van der Waals surface area contributed by atoms with E-state index in [1.165, 1.54) is 0 Å². The molecule has 1 aromatic carbocycles. The predicted octanol–water partition coefficient (Wildman–Crippen LogP) is 1.49. The zero-order valence-corrected chi connectivity index (χ0v) is 11.4. The van der Waals surface area contributed by atoms with Crippen LogP contribution in [0, 0.1) is 4.77 Å². The lowest BCUT2D eigenvalue weighted by Gasteiger charge is -2.19. The van der Waals surface area contributed by atoms with Crippen LogP contribution < -0.4 is 15.6 Å². The van der Waals surface area contributed by atoms with E-state index in [1.807, 2.05) is 0 Å². The normalized spacial score (nSPS) is 12.1. The smallest absolute Gasteiger partial charge is 0.259 e. The number of rotatable bonds is 1. The number of amides is 1. The monoisotopic (exact) mass is 289 g/mol. The third-order valence-electron chi connectivity index (χ3n) is 3.13. The Hall–Kier alpha value is -2.41. The number of carbonyl (C=O) groups excluding carboxylic acids is 1. The first kappa shape index (κ1) is 12.6. The SMILES string of the molecule is CNC(=O)c1ccc2c(c1)Cc1c([nH]c(=S)[nH]c1=O)O2. The lowest BCUT2D eigenvalue weighted by atomic mass is 10.0. The zero-order valence-electron chi connectivity index (χ0n) is 10.6. The molecule has 1 aliphatic heterocycles. The molecule has 3 N–H and O–H groups in total. The first-order chi connectivity index (χ1) is 9.58. The van der Waals surface area contributed by atoms with Crippen molar-refractivity contribution in [1.82, 2.24) is 15.3 Å². The van der Waals surface area contributed by atoms with E-state index in [9.17, 15) is 9.59 Å². The summed E-state index contributed by atoms with van der Waals surface area (Å²) >= 11 is 4.91. The molecule has 2 heterocycles.